The largest absolute Gasteiger partial charge is 0.469 e. The molecule has 0 aliphatic heterocycles. The molecule has 0 unspecified atom stereocenters. The number of carbonyl (C=O) groups excluding carboxylic acids is 4. The summed E-state index contributed by atoms with van der Waals surface area (Å²) in [6, 6.07) is 1.55. The summed E-state index contributed by atoms with van der Waals surface area (Å²) in [5.41, 5.74) is -1.17. The van der Waals surface area contributed by atoms with Crippen LogP contribution in [0, 0.1) is 5.92 Å². The Morgan fingerprint density at radius 3 is 1.89 bits per heavy atom. The van der Waals surface area contributed by atoms with Crippen LogP contribution in [0.2, 0.25) is 0 Å². The second kappa shape index (κ2) is 9.72. The van der Waals surface area contributed by atoms with Crippen molar-refractivity contribution in [1.82, 2.24) is 5.32 Å². The Kier molecular flexibility index (Phi) is 7.96. The predicted octanol–water partition coefficient (Wildman–Crippen LogP) is 1.33. The van der Waals surface area contributed by atoms with Crippen molar-refractivity contribution in [2.24, 2.45) is 5.92 Å². The van der Waals surface area contributed by atoms with Crippen molar-refractivity contribution in [3.8, 4) is 0 Å². The van der Waals surface area contributed by atoms with Gasteiger partial charge in [-0.25, -0.2) is 4.79 Å². The summed E-state index contributed by atoms with van der Waals surface area (Å²) in [4.78, 5) is 47.9. The molecule has 0 aliphatic rings. The van der Waals surface area contributed by atoms with Crippen molar-refractivity contribution in [3.05, 3.63) is 35.4 Å². The first-order valence-electron chi connectivity index (χ1n) is 7.75. The van der Waals surface area contributed by atoms with Gasteiger partial charge in [0.1, 0.15) is 6.04 Å². The number of hydrogen-bond acceptors (Lipinski definition) is 7. The third-order valence-corrected chi connectivity index (χ3v) is 3.74. The van der Waals surface area contributed by atoms with Crippen molar-refractivity contribution in [1.29, 1.82) is 0 Å². The smallest absolute Gasteiger partial charge is 0.416 e. The number of hydrogen-bond donors (Lipinski definition) is 1. The average molecular weight is 405 g/mol. The molecule has 0 fully saturated rings. The van der Waals surface area contributed by atoms with E-state index in [1.54, 1.807) is 0 Å². The minimum Gasteiger partial charge on any atom is -0.469 e. The van der Waals surface area contributed by atoms with E-state index in [2.05, 4.69) is 19.5 Å². The fourth-order valence-electron chi connectivity index (χ4n) is 2.24. The lowest BCUT2D eigenvalue weighted by atomic mass is 9.95. The maximum Gasteiger partial charge on any atom is 0.416 e. The summed E-state index contributed by atoms with van der Waals surface area (Å²) >= 11 is 0. The molecule has 0 aliphatic carbocycles. The van der Waals surface area contributed by atoms with Gasteiger partial charge in [0.05, 0.1) is 39.2 Å². The van der Waals surface area contributed by atoms with Gasteiger partial charge in [0.15, 0.2) is 0 Å². The van der Waals surface area contributed by atoms with Crippen LogP contribution in [0.3, 0.4) is 0 Å². The van der Waals surface area contributed by atoms with Gasteiger partial charge in [-0.05, 0) is 24.3 Å². The zero-order valence-corrected chi connectivity index (χ0v) is 15.2. The van der Waals surface area contributed by atoms with Crippen LogP contribution in [0.5, 0.6) is 0 Å². The Balaban J connectivity index is 3.12. The van der Waals surface area contributed by atoms with E-state index < -0.39 is 53.9 Å². The Morgan fingerprint density at radius 2 is 1.46 bits per heavy atom. The van der Waals surface area contributed by atoms with Gasteiger partial charge >= 0.3 is 24.1 Å². The van der Waals surface area contributed by atoms with E-state index in [9.17, 15) is 32.3 Å². The molecule has 1 aromatic rings. The summed E-state index contributed by atoms with van der Waals surface area (Å²) < 4.78 is 51.4. The lowest BCUT2D eigenvalue weighted by molar-refractivity contribution is -0.158. The highest BCUT2D eigenvalue weighted by Gasteiger charge is 2.39. The van der Waals surface area contributed by atoms with E-state index in [1.807, 2.05) is 0 Å². The molecule has 0 spiro atoms. The standard InChI is InChI=1S/C17H18F3NO7/c1-26-12(22)8-11(15(24)27-2)13(16(25)28-3)21-14(23)9-4-6-10(7-5-9)17(18,19)20/h4-7,11,13H,8H2,1-3H3,(H,21,23)/t11-,13+/m1/s1. The van der Waals surface area contributed by atoms with Crippen LogP contribution in [0.1, 0.15) is 22.3 Å². The Bertz CT molecular complexity index is 731. The van der Waals surface area contributed by atoms with Gasteiger partial charge in [0, 0.05) is 5.56 Å². The molecule has 1 rings (SSSR count). The number of rotatable bonds is 7. The number of ether oxygens (including phenoxy) is 3. The monoisotopic (exact) mass is 405 g/mol. The third-order valence-electron chi connectivity index (χ3n) is 3.74. The van der Waals surface area contributed by atoms with Crippen LogP contribution in [-0.2, 0) is 34.8 Å². The maximum absolute atomic E-state index is 12.6. The first-order valence-corrected chi connectivity index (χ1v) is 7.75. The lowest BCUT2D eigenvalue weighted by Crippen LogP contribution is -2.50. The predicted molar refractivity (Wildman–Crippen MR) is 86.9 cm³/mol. The highest BCUT2D eigenvalue weighted by molar-refractivity contribution is 5.98. The highest BCUT2D eigenvalue weighted by atomic mass is 19.4. The molecular weight excluding hydrogens is 387 g/mol. The summed E-state index contributed by atoms with van der Waals surface area (Å²) in [7, 11) is 3.06. The van der Waals surface area contributed by atoms with Crippen LogP contribution in [0.25, 0.3) is 0 Å². The molecule has 0 bridgehead atoms. The SMILES string of the molecule is COC(=O)C[C@@H](C(=O)OC)[C@H](NC(=O)c1ccc(C(F)(F)F)cc1)C(=O)OC. The number of carbonyl (C=O) groups is 4. The fraction of sp³-hybridized carbons (Fsp3) is 0.412. The van der Waals surface area contributed by atoms with Gasteiger partial charge in [-0.15, -0.1) is 0 Å². The molecule has 8 nitrogen and oxygen atoms in total. The van der Waals surface area contributed by atoms with Gasteiger partial charge in [-0.1, -0.05) is 0 Å². The number of amides is 1. The molecular formula is C17H18F3NO7. The number of nitrogens with one attached hydrogen (secondary N) is 1. The maximum atomic E-state index is 12.6. The summed E-state index contributed by atoms with van der Waals surface area (Å²) in [6.45, 7) is 0. The molecule has 0 aromatic heterocycles. The zero-order chi connectivity index (χ0) is 21.5. The first-order chi connectivity index (χ1) is 13.0. The van der Waals surface area contributed by atoms with Gasteiger partial charge in [-0.2, -0.15) is 13.2 Å². The minimum absolute atomic E-state index is 0.205. The van der Waals surface area contributed by atoms with E-state index in [0.29, 0.717) is 12.1 Å². The molecule has 1 N–H and O–H groups in total. The molecule has 0 saturated carbocycles. The van der Waals surface area contributed by atoms with Crippen LogP contribution in [0.4, 0.5) is 13.2 Å². The van der Waals surface area contributed by atoms with Crippen LogP contribution in [-0.4, -0.2) is 51.2 Å². The van der Waals surface area contributed by atoms with E-state index >= 15 is 0 Å². The quantitative estimate of drug-likeness (QED) is 0.539. The van der Waals surface area contributed by atoms with Crippen LogP contribution in [0.15, 0.2) is 24.3 Å². The molecule has 154 valence electrons. The van der Waals surface area contributed by atoms with E-state index in [-0.39, 0.29) is 5.56 Å². The number of alkyl halides is 3. The van der Waals surface area contributed by atoms with E-state index in [0.717, 1.165) is 33.5 Å². The molecule has 0 heterocycles. The topological polar surface area (TPSA) is 108 Å². The van der Waals surface area contributed by atoms with Crippen molar-refractivity contribution in [3.63, 3.8) is 0 Å². The zero-order valence-electron chi connectivity index (χ0n) is 15.2. The third kappa shape index (κ3) is 5.96. The molecule has 28 heavy (non-hydrogen) atoms. The van der Waals surface area contributed by atoms with Crippen LogP contribution < -0.4 is 5.32 Å². The van der Waals surface area contributed by atoms with Crippen molar-refractivity contribution < 1.29 is 46.6 Å². The van der Waals surface area contributed by atoms with Crippen molar-refractivity contribution in [2.45, 2.75) is 18.6 Å². The molecule has 2 atom stereocenters. The lowest BCUT2D eigenvalue weighted by Gasteiger charge is -2.23. The van der Waals surface area contributed by atoms with Crippen molar-refractivity contribution in [2.75, 3.05) is 21.3 Å². The fourth-order valence-corrected chi connectivity index (χ4v) is 2.24. The number of benzene rings is 1. The van der Waals surface area contributed by atoms with E-state index in [1.165, 1.54) is 0 Å². The second-order valence-electron chi connectivity index (χ2n) is 5.46. The summed E-state index contributed by atoms with van der Waals surface area (Å²) in [5.74, 6) is -5.33. The number of halogens is 3. The molecule has 1 aromatic carbocycles. The van der Waals surface area contributed by atoms with Crippen molar-refractivity contribution >= 4 is 23.8 Å². The van der Waals surface area contributed by atoms with Gasteiger partial charge in [-0.3, -0.25) is 14.4 Å². The minimum atomic E-state index is -4.58. The van der Waals surface area contributed by atoms with Gasteiger partial charge in [0.2, 0.25) is 0 Å². The normalized spacial score (nSPS) is 13.1. The van der Waals surface area contributed by atoms with Gasteiger partial charge < -0.3 is 19.5 Å². The second-order valence-corrected chi connectivity index (χ2v) is 5.46. The van der Waals surface area contributed by atoms with E-state index in [4.69, 9.17) is 0 Å². The Morgan fingerprint density at radius 1 is 0.929 bits per heavy atom. The first kappa shape index (κ1) is 22.9. The van der Waals surface area contributed by atoms with Crippen LogP contribution >= 0.6 is 0 Å². The molecule has 11 heteroatoms. The molecule has 1 amide bonds. The summed E-state index contributed by atoms with van der Waals surface area (Å²) in [5, 5.41) is 2.18. The molecule has 0 radical (unpaired) electrons. The number of esters is 3. The Labute approximate surface area is 157 Å². The highest BCUT2D eigenvalue weighted by Crippen LogP contribution is 2.29. The summed E-state index contributed by atoms with van der Waals surface area (Å²) in [6.07, 6.45) is -5.18. The van der Waals surface area contributed by atoms with Gasteiger partial charge in [0.25, 0.3) is 5.91 Å². The Hall–Kier alpha value is -3.11. The molecule has 0 saturated heterocycles. The average Bonchev–Trinajstić information content (AvgIpc) is 2.68. The number of methoxy groups -OCH3 is 3.